The topological polar surface area (TPSA) is 246 Å². The van der Waals surface area contributed by atoms with Crippen LogP contribution in [-0.4, -0.2) is 132 Å². The third kappa shape index (κ3) is 5.70. The average Bonchev–Trinajstić information content (AvgIpc) is 3.39. The Labute approximate surface area is 295 Å². The van der Waals surface area contributed by atoms with Gasteiger partial charge in [-0.25, -0.2) is 4.79 Å². The SMILES string of the molecule is C[C@@H]1O[C@@H](O[C@H]2CC[C@]3(C=O)C4CC[C@]5(C)C(c6ccc(=O)oc6)CC[C@]5(O)[C@@H]4CC[C@]3(O)C2)[C@H](O)[C@H](O)[C@H]1O[C@@H]1O[C@H](CO)[C@@H](O)[C@H](O)[C@H]1O. The van der Waals surface area contributed by atoms with Crippen LogP contribution >= 0.6 is 0 Å². The molecule has 0 spiro atoms. The lowest BCUT2D eigenvalue weighted by Crippen LogP contribution is -2.69. The van der Waals surface area contributed by atoms with Gasteiger partial charge in [0.2, 0.25) is 0 Å². The fourth-order valence-electron chi connectivity index (χ4n) is 11.2. The van der Waals surface area contributed by atoms with E-state index in [1.807, 2.05) is 0 Å². The van der Waals surface area contributed by atoms with Crippen LogP contribution < -0.4 is 5.63 Å². The fourth-order valence-corrected chi connectivity index (χ4v) is 11.2. The number of aliphatic hydroxyl groups excluding tert-OH is 6. The molecule has 51 heavy (non-hydrogen) atoms. The van der Waals surface area contributed by atoms with E-state index in [-0.39, 0.29) is 30.6 Å². The first kappa shape index (κ1) is 37.5. The van der Waals surface area contributed by atoms with Gasteiger partial charge in [-0.2, -0.15) is 0 Å². The number of rotatable bonds is 7. The maximum Gasteiger partial charge on any atom is 0.335 e. The maximum absolute atomic E-state index is 13.2. The zero-order valence-electron chi connectivity index (χ0n) is 28.9. The Kier molecular flexibility index (Phi) is 9.89. The number of ether oxygens (including phenoxy) is 4. The Morgan fingerprint density at radius 1 is 0.843 bits per heavy atom. The molecule has 4 saturated carbocycles. The predicted molar refractivity (Wildman–Crippen MR) is 173 cm³/mol. The lowest BCUT2D eigenvalue weighted by molar-refractivity contribution is -0.361. The van der Waals surface area contributed by atoms with Crippen molar-refractivity contribution in [3.63, 3.8) is 0 Å². The smallest absolute Gasteiger partial charge is 0.335 e. The quantitative estimate of drug-likeness (QED) is 0.127. The minimum Gasteiger partial charge on any atom is -0.431 e. The highest BCUT2D eigenvalue weighted by atomic mass is 16.7. The van der Waals surface area contributed by atoms with Gasteiger partial charge in [-0.1, -0.05) is 6.92 Å². The van der Waals surface area contributed by atoms with Crippen LogP contribution in [-0.2, 0) is 23.7 Å². The molecule has 4 aliphatic carbocycles. The predicted octanol–water partition coefficient (Wildman–Crippen LogP) is -0.788. The second kappa shape index (κ2) is 13.5. The summed E-state index contributed by atoms with van der Waals surface area (Å²) in [5, 5.41) is 87.1. The van der Waals surface area contributed by atoms with E-state index in [0.717, 1.165) is 11.8 Å². The summed E-state index contributed by atoms with van der Waals surface area (Å²) in [5.41, 5.74) is -3.71. The van der Waals surface area contributed by atoms with E-state index in [1.165, 1.54) is 12.3 Å². The second-order valence-corrected chi connectivity index (χ2v) is 16.3. The van der Waals surface area contributed by atoms with Gasteiger partial charge in [0.1, 0.15) is 49.0 Å². The van der Waals surface area contributed by atoms with Crippen LogP contribution in [0.25, 0.3) is 0 Å². The molecule has 3 heterocycles. The number of aliphatic hydroxyl groups is 8. The van der Waals surface area contributed by atoms with Crippen molar-refractivity contribution in [2.24, 2.45) is 22.7 Å². The molecule has 2 unspecified atom stereocenters. The van der Waals surface area contributed by atoms with Gasteiger partial charge in [0, 0.05) is 17.9 Å². The summed E-state index contributed by atoms with van der Waals surface area (Å²) in [6.45, 7) is 2.98. The summed E-state index contributed by atoms with van der Waals surface area (Å²) in [6, 6.07) is 3.17. The number of hydrogen-bond donors (Lipinski definition) is 8. The molecule has 286 valence electrons. The molecule has 0 bridgehead atoms. The summed E-state index contributed by atoms with van der Waals surface area (Å²) >= 11 is 0. The van der Waals surface area contributed by atoms with Crippen molar-refractivity contribution in [2.45, 2.75) is 156 Å². The molecule has 15 nitrogen and oxygen atoms in total. The van der Waals surface area contributed by atoms with Crippen LogP contribution in [0, 0.1) is 22.7 Å². The number of hydrogen-bond acceptors (Lipinski definition) is 15. The maximum atomic E-state index is 13.2. The minimum absolute atomic E-state index is 0.0215. The highest BCUT2D eigenvalue weighted by molar-refractivity contribution is 5.64. The van der Waals surface area contributed by atoms with Crippen LogP contribution in [0.15, 0.2) is 27.6 Å². The van der Waals surface area contributed by atoms with Crippen LogP contribution in [0.2, 0.25) is 0 Å². The molecule has 8 N–H and O–H groups in total. The highest BCUT2D eigenvalue weighted by Crippen LogP contribution is 2.71. The molecule has 6 aliphatic rings. The zero-order chi connectivity index (χ0) is 36.7. The Balaban J connectivity index is 1.03. The first-order valence-electron chi connectivity index (χ1n) is 18.3. The Bertz CT molecular complexity index is 1470. The monoisotopic (exact) mass is 724 g/mol. The van der Waals surface area contributed by atoms with E-state index in [1.54, 1.807) is 13.0 Å². The standard InChI is InChI=1S/C36H52O15/c1-17-30(51-32-28(43)26(41)25(40)23(14-37)50-32)27(42)29(44)31(48-17)49-19-5-10-34(16-38)21-6-9-33(2)20(18-3-4-24(39)47-15-18)8-12-36(33,46)22(21)7-11-35(34,45)13-19/h3-4,15-17,19-23,25-32,37,40-46H,5-14H2,1-2H3/t17-,19-,20?,21?,22+,23+,25+,26-,27-,28+,29+,30-,31-,32-,33+,34-,35-,36-/m0/s1. The molecule has 2 aliphatic heterocycles. The largest absolute Gasteiger partial charge is 0.431 e. The molecule has 18 atom stereocenters. The van der Waals surface area contributed by atoms with Crippen molar-refractivity contribution in [1.82, 2.24) is 0 Å². The van der Waals surface area contributed by atoms with E-state index >= 15 is 0 Å². The van der Waals surface area contributed by atoms with E-state index in [0.29, 0.717) is 44.9 Å². The van der Waals surface area contributed by atoms with Gasteiger partial charge >= 0.3 is 5.63 Å². The van der Waals surface area contributed by atoms with Crippen molar-refractivity contribution in [2.75, 3.05) is 6.61 Å². The Morgan fingerprint density at radius 2 is 1.55 bits per heavy atom. The van der Waals surface area contributed by atoms with E-state index in [4.69, 9.17) is 23.4 Å². The molecule has 0 radical (unpaired) electrons. The Hall–Kier alpha value is -1.86. The van der Waals surface area contributed by atoms with Gasteiger partial charge in [-0.15, -0.1) is 0 Å². The first-order valence-corrected chi connectivity index (χ1v) is 18.3. The molecule has 15 heteroatoms. The van der Waals surface area contributed by atoms with Crippen LogP contribution in [0.1, 0.15) is 83.1 Å². The summed E-state index contributed by atoms with van der Waals surface area (Å²) in [6.07, 6.45) is -8.77. The zero-order valence-corrected chi connectivity index (χ0v) is 28.9. The minimum atomic E-state index is -1.72. The van der Waals surface area contributed by atoms with Crippen molar-refractivity contribution in [3.05, 3.63) is 34.4 Å². The van der Waals surface area contributed by atoms with Gasteiger partial charge < -0.3 is 69.0 Å². The lowest BCUT2D eigenvalue weighted by Gasteiger charge is -2.65. The number of fused-ring (bicyclic) bond motifs is 5. The molecule has 0 aromatic carbocycles. The van der Waals surface area contributed by atoms with Gasteiger partial charge in [0.15, 0.2) is 12.6 Å². The van der Waals surface area contributed by atoms with Crippen molar-refractivity contribution < 1.29 is 69.0 Å². The Morgan fingerprint density at radius 3 is 2.24 bits per heavy atom. The van der Waals surface area contributed by atoms with Crippen LogP contribution in [0.4, 0.5) is 0 Å². The number of carbonyl (C=O) groups excluding carboxylic acids is 1. The molecule has 1 aromatic heterocycles. The molecule has 1 aromatic rings. The fraction of sp³-hybridized carbons (Fsp3) is 0.833. The summed E-state index contributed by atoms with van der Waals surface area (Å²) in [7, 11) is 0. The molecular formula is C36H52O15. The number of carbonyl (C=O) groups is 1. The molecule has 6 fully saturated rings. The molecule has 0 amide bonds. The lowest BCUT2D eigenvalue weighted by atomic mass is 9.41. The summed E-state index contributed by atoms with van der Waals surface area (Å²) in [5.74, 6) is -0.509. The van der Waals surface area contributed by atoms with Crippen molar-refractivity contribution >= 4 is 6.29 Å². The second-order valence-electron chi connectivity index (χ2n) is 16.3. The first-order chi connectivity index (χ1) is 24.1. The third-order valence-corrected chi connectivity index (χ3v) is 14.1. The molecule has 2 saturated heterocycles. The summed E-state index contributed by atoms with van der Waals surface area (Å²) < 4.78 is 28.4. The van der Waals surface area contributed by atoms with E-state index in [9.17, 15) is 50.4 Å². The van der Waals surface area contributed by atoms with Crippen molar-refractivity contribution in [1.29, 1.82) is 0 Å². The van der Waals surface area contributed by atoms with E-state index < -0.39 is 102 Å². The van der Waals surface area contributed by atoms with E-state index in [2.05, 4.69) is 6.92 Å². The van der Waals surface area contributed by atoms with Crippen LogP contribution in [0.5, 0.6) is 0 Å². The average molecular weight is 725 g/mol. The highest BCUT2D eigenvalue weighted by Gasteiger charge is 2.71. The van der Waals surface area contributed by atoms with Crippen molar-refractivity contribution in [3.8, 4) is 0 Å². The van der Waals surface area contributed by atoms with Gasteiger partial charge in [-0.3, -0.25) is 0 Å². The third-order valence-electron chi connectivity index (χ3n) is 14.1. The van der Waals surface area contributed by atoms with Gasteiger partial charge in [-0.05, 0) is 87.7 Å². The number of aldehydes is 1. The van der Waals surface area contributed by atoms with Crippen LogP contribution in [0.3, 0.4) is 0 Å². The molecular weight excluding hydrogens is 672 g/mol. The summed E-state index contributed by atoms with van der Waals surface area (Å²) in [4.78, 5) is 24.8. The normalized spacial score (nSPS) is 52.7. The molecule has 7 rings (SSSR count). The van der Waals surface area contributed by atoms with Gasteiger partial charge in [0.25, 0.3) is 0 Å². The van der Waals surface area contributed by atoms with Gasteiger partial charge in [0.05, 0.1) is 41.7 Å².